The van der Waals surface area contributed by atoms with Crippen molar-refractivity contribution in [1.29, 1.82) is 0 Å². The van der Waals surface area contributed by atoms with Gasteiger partial charge in [0, 0.05) is 25.0 Å². The number of amides is 1. The lowest BCUT2D eigenvalue weighted by atomic mass is 10.0. The Bertz CT molecular complexity index is 401. The van der Waals surface area contributed by atoms with Crippen molar-refractivity contribution in [3.63, 3.8) is 0 Å². The molecule has 1 aliphatic rings. The van der Waals surface area contributed by atoms with Crippen molar-refractivity contribution in [2.75, 3.05) is 6.54 Å². The number of benzene rings is 1. The Hall–Kier alpha value is -1.35. The van der Waals surface area contributed by atoms with Crippen LogP contribution in [0.2, 0.25) is 0 Å². The molecule has 1 saturated carbocycles. The first-order chi connectivity index (χ1) is 9.79. The fraction of sp³-hybridized carbons (Fsp3) is 0.588. The molecule has 2 rings (SSSR count). The second-order valence-electron chi connectivity index (χ2n) is 5.65. The minimum absolute atomic E-state index is 0.183. The van der Waals surface area contributed by atoms with Crippen LogP contribution in [0.25, 0.3) is 0 Å². The molecular formula is C17H26N2O. The van der Waals surface area contributed by atoms with Crippen LogP contribution in [0.5, 0.6) is 0 Å². The van der Waals surface area contributed by atoms with E-state index in [0.29, 0.717) is 18.5 Å². The molecule has 1 aliphatic carbocycles. The first-order valence-corrected chi connectivity index (χ1v) is 7.87. The molecule has 3 heteroatoms. The highest BCUT2D eigenvalue weighted by molar-refractivity contribution is 5.76. The third-order valence-corrected chi connectivity index (χ3v) is 3.73. The minimum Gasteiger partial charge on any atom is -0.353 e. The van der Waals surface area contributed by atoms with E-state index in [4.69, 9.17) is 0 Å². The van der Waals surface area contributed by atoms with Crippen LogP contribution in [0.4, 0.5) is 0 Å². The van der Waals surface area contributed by atoms with Gasteiger partial charge in [-0.15, -0.1) is 0 Å². The second kappa shape index (κ2) is 8.05. The van der Waals surface area contributed by atoms with Crippen molar-refractivity contribution < 1.29 is 4.79 Å². The Labute approximate surface area is 122 Å². The number of carbonyl (C=O) groups excluding carboxylic acids is 1. The summed E-state index contributed by atoms with van der Waals surface area (Å²) < 4.78 is 0. The number of carbonyl (C=O) groups is 1. The number of nitrogens with one attached hydrogen (secondary N) is 2. The van der Waals surface area contributed by atoms with E-state index in [-0.39, 0.29) is 5.91 Å². The Kier molecular flexibility index (Phi) is 6.06. The van der Waals surface area contributed by atoms with E-state index in [1.54, 1.807) is 0 Å². The summed E-state index contributed by atoms with van der Waals surface area (Å²) in [6, 6.07) is 11.4. The van der Waals surface area contributed by atoms with Gasteiger partial charge in [0.25, 0.3) is 0 Å². The van der Waals surface area contributed by atoms with Gasteiger partial charge in [0.15, 0.2) is 0 Å². The van der Waals surface area contributed by atoms with E-state index in [1.165, 1.54) is 18.4 Å². The number of unbranched alkanes of at least 4 members (excludes halogenated alkanes) is 1. The molecule has 0 aromatic heterocycles. The molecule has 3 nitrogen and oxygen atoms in total. The van der Waals surface area contributed by atoms with E-state index >= 15 is 0 Å². The Morgan fingerprint density at radius 1 is 1.30 bits per heavy atom. The lowest BCUT2D eigenvalue weighted by Crippen LogP contribution is -2.30. The molecule has 1 unspecified atom stereocenters. The summed E-state index contributed by atoms with van der Waals surface area (Å²) in [5.41, 5.74) is 1.32. The highest BCUT2D eigenvalue weighted by atomic mass is 16.1. The van der Waals surface area contributed by atoms with E-state index in [0.717, 1.165) is 25.8 Å². The van der Waals surface area contributed by atoms with Crippen LogP contribution in [0.3, 0.4) is 0 Å². The molecule has 2 N–H and O–H groups in total. The van der Waals surface area contributed by atoms with E-state index in [2.05, 4.69) is 41.8 Å². The van der Waals surface area contributed by atoms with Gasteiger partial charge in [-0.1, -0.05) is 50.1 Å². The summed E-state index contributed by atoms with van der Waals surface area (Å²) in [6.07, 6.45) is 6.43. The third kappa shape index (κ3) is 5.33. The van der Waals surface area contributed by atoms with Crippen LogP contribution in [0.15, 0.2) is 30.3 Å². The molecule has 1 atom stereocenters. The second-order valence-corrected chi connectivity index (χ2v) is 5.65. The third-order valence-electron chi connectivity index (χ3n) is 3.73. The molecule has 110 valence electrons. The maximum atomic E-state index is 11.7. The summed E-state index contributed by atoms with van der Waals surface area (Å²) >= 11 is 0. The zero-order valence-electron chi connectivity index (χ0n) is 12.4. The van der Waals surface area contributed by atoms with Gasteiger partial charge in [-0.25, -0.2) is 0 Å². The van der Waals surface area contributed by atoms with E-state index < -0.39 is 0 Å². The largest absolute Gasteiger partial charge is 0.353 e. The predicted octanol–water partition coefficient (Wildman–Crippen LogP) is 3.18. The lowest BCUT2D eigenvalue weighted by Gasteiger charge is -2.19. The van der Waals surface area contributed by atoms with Crippen LogP contribution in [0, 0.1) is 0 Å². The zero-order valence-corrected chi connectivity index (χ0v) is 12.4. The average Bonchev–Trinajstić information content (AvgIpc) is 3.27. The molecule has 1 aromatic rings. The van der Waals surface area contributed by atoms with Gasteiger partial charge in [-0.05, 0) is 24.8 Å². The van der Waals surface area contributed by atoms with Gasteiger partial charge in [0.2, 0.25) is 5.91 Å². The minimum atomic E-state index is 0.183. The monoisotopic (exact) mass is 274 g/mol. The van der Waals surface area contributed by atoms with Crippen molar-refractivity contribution in [1.82, 2.24) is 10.6 Å². The van der Waals surface area contributed by atoms with Crippen LogP contribution < -0.4 is 10.6 Å². The van der Waals surface area contributed by atoms with Gasteiger partial charge in [0.05, 0.1) is 0 Å². The van der Waals surface area contributed by atoms with Gasteiger partial charge in [-0.3, -0.25) is 4.79 Å². The fourth-order valence-electron chi connectivity index (χ4n) is 2.37. The van der Waals surface area contributed by atoms with Crippen LogP contribution in [-0.2, 0) is 4.79 Å². The normalized spacial score (nSPS) is 15.8. The standard InChI is InChI=1S/C17H26N2O/c1-2-3-9-16(14-7-5-4-6-8-14)18-13-12-17(20)19-15-10-11-15/h4-8,15-16,18H,2-3,9-13H2,1H3,(H,19,20). The van der Waals surface area contributed by atoms with Crippen LogP contribution in [0.1, 0.15) is 57.1 Å². The quantitative estimate of drug-likeness (QED) is 0.726. The average molecular weight is 274 g/mol. The molecule has 1 fully saturated rings. The van der Waals surface area contributed by atoms with Crippen molar-refractivity contribution in [3.05, 3.63) is 35.9 Å². The Balaban J connectivity index is 1.76. The molecule has 0 aliphatic heterocycles. The lowest BCUT2D eigenvalue weighted by molar-refractivity contribution is -0.121. The fourth-order valence-corrected chi connectivity index (χ4v) is 2.37. The molecule has 0 radical (unpaired) electrons. The van der Waals surface area contributed by atoms with Crippen LogP contribution in [-0.4, -0.2) is 18.5 Å². The first-order valence-electron chi connectivity index (χ1n) is 7.87. The summed E-state index contributed by atoms with van der Waals surface area (Å²) in [6.45, 7) is 2.97. The van der Waals surface area contributed by atoms with Gasteiger partial charge >= 0.3 is 0 Å². The molecule has 1 amide bonds. The van der Waals surface area contributed by atoms with Crippen molar-refractivity contribution in [2.45, 2.75) is 57.5 Å². The molecule has 0 bridgehead atoms. The van der Waals surface area contributed by atoms with Crippen molar-refractivity contribution in [2.24, 2.45) is 0 Å². The van der Waals surface area contributed by atoms with E-state index in [9.17, 15) is 4.79 Å². The molecule has 1 aromatic carbocycles. The first kappa shape index (κ1) is 15.0. The zero-order chi connectivity index (χ0) is 14.2. The Morgan fingerprint density at radius 2 is 2.05 bits per heavy atom. The molecule has 0 saturated heterocycles. The molecule has 0 spiro atoms. The molecular weight excluding hydrogens is 248 g/mol. The van der Waals surface area contributed by atoms with Gasteiger partial charge < -0.3 is 10.6 Å². The number of rotatable bonds is 9. The SMILES string of the molecule is CCCCC(NCCC(=O)NC1CC1)c1ccccc1. The van der Waals surface area contributed by atoms with Gasteiger partial charge in [-0.2, -0.15) is 0 Å². The number of hydrogen-bond acceptors (Lipinski definition) is 2. The molecule has 0 heterocycles. The van der Waals surface area contributed by atoms with E-state index in [1.807, 2.05) is 6.07 Å². The topological polar surface area (TPSA) is 41.1 Å². The highest BCUT2D eigenvalue weighted by Crippen LogP contribution is 2.20. The predicted molar refractivity (Wildman–Crippen MR) is 82.5 cm³/mol. The van der Waals surface area contributed by atoms with Crippen molar-refractivity contribution in [3.8, 4) is 0 Å². The smallest absolute Gasteiger partial charge is 0.221 e. The summed E-state index contributed by atoms with van der Waals surface area (Å²) in [5.74, 6) is 0.183. The summed E-state index contributed by atoms with van der Waals surface area (Å²) in [7, 11) is 0. The Morgan fingerprint density at radius 3 is 2.70 bits per heavy atom. The summed E-state index contributed by atoms with van der Waals surface area (Å²) in [4.78, 5) is 11.7. The van der Waals surface area contributed by atoms with Crippen molar-refractivity contribution >= 4 is 5.91 Å². The molecule has 20 heavy (non-hydrogen) atoms. The highest BCUT2D eigenvalue weighted by Gasteiger charge is 2.22. The van der Waals surface area contributed by atoms with Gasteiger partial charge in [0.1, 0.15) is 0 Å². The van der Waals surface area contributed by atoms with Crippen LogP contribution >= 0.6 is 0 Å². The number of hydrogen-bond donors (Lipinski definition) is 2. The maximum Gasteiger partial charge on any atom is 0.221 e. The summed E-state index contributed by atoms with van der Waals surface area (Å²) in [5, 5.41) is 6.57. The maximum absolute atomic E-state index is 11.7.